The van der Waals surface area contributed by atoms with E-state index in [1.54, 1.807) is 0 Å². The number of amides is 2. The van der Waals surface area contributed by atoms with Crippen LogP contribution in [0, 0.1) is 0 Å². The van der Waals surface area contributed by atoms with E-state index in [0.29, 0.717) is 6.04 Å². The Morgan fingerprint density at radius 2 is 1.73 bits per heavy atom. The zero-order valence-corrected chi connectivity index (χ0v) is 9.04. The van der Waals surface area contributed by atoms with Crippen LogP contribution in [0.1, 0.15) is 44.9 Å². The number of hydrogen-bond donors (Lipinski definition) is 3. The first-order valence-electron chi connectivity index (χ1n) is 6.01. The van der Waals surface area contributed by atoms with Crippen LogP contribution in [-0.4, -0.2) is 29.3 Å². The average Bonchev–Trinajstić information content (AvgIpc) is 2.16. The molecule has 0 aliphatic heterocycles. The Hall–Kier alpha value is -0.770. The van der Waals surface area contributed by atoms with Gasteiger partial charge in [-0.3, -0.25) is 0 Å². The summed E-state index contributed by atoms with van der Waals surface area (Å²) in [7, 11) is 0. The molecule has 2 unspecified atom stereocenters. The topological polar surface area (TPSA) is 61.4 Å². The lowest BCUT2D eigenvalue weighted by atomic mass is 9.92. The molecular weight excluding hydrogens is 192 g/mol. The largest absolute Gasteiger partial charge is 0.391 e. The van der Waals surface area contributed by atoms with Gasteiger partial charge < -0.3 is 15.7 Å². The zero-order valence-electron chi connectivity index (χ0n) is 9.04. The van der Waals surface area contributed by atoms with Gasteiger partial charge in [-0.2, -0.15) is 0 Å². The fourth-order valence-corrected chi connectivity index (χ4v) is 2.23. The van der Waals surface area contributed by atoms with Gasteiger partial charge in [0.2, 0.25) is 0 Å². The molecule has 4 heteroatoms. The van der Waals surface area contributed by atoms with Gasteiger partial charge in [-0.15, -0.1) is 0 Å². The van der Waals surface area contributed by atoms with Crippen molar-refractivity contribution in [3.8, 4) is 0 Å². The Morgan fingerprint density at radius 3 is 2.33 bits per heavy atom. The second kappa shape index (κ2) is 4.84. The Bertz CT molecular complexity index is 229. The first-order valence-corrected chi connectivity index (χ1v) is 6.01. The molecular formula is C11H20N2O2. The minimum Gasteiger partial charge on any atom is -0.391 e. The van der Waals surface area contributed by atoms with Crippen LogP contribution in [0.15, 0.2) is 0 Å². The molecule has 15 heavy (non-hydrogen) atoms. The fourth-order valence-electron chi connectivity index (χ4n) is 2.23. The van der Waals surface area contributed by atoms with Crippen LogP contribution < -0.4 is 10.6 Å². The molecule has 2 aliphatic carbocycles. The predicted molar refractivity (Wildman–Crippen MR) is 57.6 cm³/mol. The van der Waals surface area contributed by atoms with E-state index in [1.165, 1.54) is 6.42 Å². The molecule has 0 aromatic heterocycles. The molecule has 0 aromatic rings. The molecule has 86 valence electrons. The third-order valence-corrected chi connectivity index (χ3v) is 3.49. The predicted octanol–water partition coefficient (Wildman–Crippen LogP) is 1.14. The van der Waals surface area contributed by atoms with Crippen LogP contribution in [-0.2, 0) is 0 Å². The molecule has 0 bridgehead atoms. The molecule has 0 radical (unpaired) electrons. The third kappa shape index (κ3) is 2.84. The summed E-state index contributed by atoms with van der Waals surface area (Å²) in [6, 6.07) is 0.218. The highest BCUT2D eigenvalue weighted by molar-refractivity contribution is 5.74. The Labute approximate surface area is 90.4 Å². The molecule has 2 fully saturated rings. The second-order valence-corrected chi connectivity index (χ2v) is 4.70. The van der Waals surface area contributed by atoms with E-state index in [-0.39, 0.29) is 18.2 Å². The standard InChI is InChI=1S/C11H20N2O2/c14-10-7-2-1-6-9(10)13-11(15)12-8-4-3-5-8/h8-10,14H,1-7H2,(H2,12,13,15). The molecule has 0 spiro atoms. The molecule has 3 N–H and O–H groups in total. The highest BCUT2D eigenvalue weighted by atomic mass is 16.3. The number of hydrogen-bond acceptors (Lipinski definition) is 2. The summed E-state index contributed by atoms with van der Waals surface area (Å²) < 4.78 is 0. The highest BCUT2D eigenvalue weighted by Gasteiger charge is 2.26. The molecule has 2 saturated carbocycles. The van der Waals surface area contributed by atoms with Crippen LogP contribution >= 0.6 is 0 Å². The quantitative estimate of drug-likeness (QED) is 0.643. The molecule has 4 nitrogen and oxygen atoms in total. The van der Waals surface area contributed by atoms with Crippen molar-refractivity contribution in [3.05, 3.63) is 0 Å². The molecule has 2 atom stereocenters. The van der Waals surface area contributed by atoms with Crippen LogP contribution in [0.2, 0.25) is 0 Å². The number of carbonyl (C=O) groups excluding carboxylic acids is 1. The molecule has 2 aliphatic rings. The van der Waals surface area contributed by atoms with Gasteiger partial charge in [-0.1, -0.05) is 12.8 Å². The normalized spacial score (nSPS) is 31.8. The van der Waals surface area contributed by atoms with Crippen LogP contribution in [0.25, 0.3) is 0 Å². The van der Waals surface area contributed by atoms with E-state index in [9.17, 15) is 9.90 Å². The van der Waals surface area contributed by atoms with Crippen molar-refractivity contribution in [2.45, 2.75) is 63.1 Å². The van der Waals surface area contributed by atoms with Gasteiger partial charge in [0.25, 0.3) is 0 Å². The zero-order chi connectivity index (χ0) is 10.7. The van der Waals surface area contributed by atoms with Gasteiger partial charge in [0, 0.05) is 6.04 Å². The number of urea groups is 1. The lowest BCUT2D eigenvalue weighted by Gasteiger charge is -2.31. The summed E-state index contributed by atoms with van der Waals surface area (Å²) in [5.74, 6) is 0. The maximum absolute atomic E-state index is 11.5. The summed E-state index contributed by atoms with van der Waals surface area (Å²) in [6.07, 6.45) is 6.95. The lowest BCUT2D eigenvalue weighted by Crippen LogP contribution is -2.52. The van der Waals surface area contributed by atoms with Crippen molar-refractivity contribution in [2.75, 3.05) is 0 Å². The van der Waals surface area contributed by atoms with E-state index >= 15 is 0 Å². The fraction of sp³-hybridized carbons (Fsp3) is 0.909. The Morgan fingerprint density at radius 1 is 1.00 bits per heavy atom. The van der Waals surface area contributed by atoms with E-state index in [1.807, 2.05) is 0 Å². The summed E-state index contributed by atoms with van der Waals surface area (Å²) in [4.78, 5) is 11.5. The highest BCUT2D eigenvalue weighted by Crippen LogP contribution is 2.19. The first-order chi connectivity index (χ1) is 7.25. The third-order valence-electron chi connectivity index (χ3n) is 3.49. The molecule has 2 amide bonds. The maximum atomic E-state index is 11.5. The van der Waals surface area contributed by atoms with E-state index < -0.39 is 0 Å². The van der Waals surface area contributed by atoms with Crippen LogP contribution in [0.3, 0.4) is 0 Å². The first kappa shape index (κ1) is 10.7. The second-order valence-electron chi connectivity index (χ2n) is 4.70. The summed E-state index contributed by atoms with van der Waals surface area (Å²) in [6.45, 7) is 0. The van der Waals surface area contributed by atoms with Gasteiger partial charge >= 0.3 is 6.03 Å². The minimum absolute atomic E-state index is 0.0428. The number of rotatable bonds is 2. The van der Waals surface area contributed by atoms with Gasteiger partial charge in [0.05, 0.1) is 12.1 Å². The van der Waals surface area contributed by atoms with Gasteiger partial charge in [0.15, 0.2) is 0 Å². The number of nitrogens with one attached hydrogen (secondary N) is 2. The number of aliphatic hydroxyl groups excluding tert-OH is 1. The van der Waals surface area contributed by atoms with E-state index in [2.05, 4.69) is 10.6 Å². The van der Waals surface area contributed by atoms with Crippen molar-refractivity contribution >= 4 is 6.03 Å². The monoisotopic (exact) mass is 212 g/mol. The van der Waals surface area contributed by atoms with Crippen LogP contribution in [0.5, 0.6) is 0 Å². The van der Waals surface area contributed by atoms with Crippen molar-refractivity contribution in [1.29, 1.82) is 0 Å². The van der Waals surface area contributed by atoms with E-state index in [0.717, 1.165) is 38.5 Å². The van der Waals surface area contributed by atoms with Gasteiger partial charge in [-0.25, -0.2) is 4.79 Å². The molecule has 0 heterocycles. The number of carbonyl (C=O) groups is 1. The van der Waals surface area contributed by atoms with Crippen molar-refractivity contribution in [1.82, 2.24) is 10.6 Å². The summed E-state index contributed by atoms with van der Waals surface area (Å²) >= 11 is 0. The molecule has 0 aromatic carbocycles. The summed E-state index contributed by atoms with van der Waals surface area (Å²) in [5.41, 5.74) is 0. The Kier molecular flexibility index (Phi) is 3.46. The molecule has 2 rings (SSSR count). The van der Waals surface area contributed by atoms with Gasteiger partial charge in [-0.05, 0) is 32.1 Å². The van der Waals surface area contributed by atoms with Gasteiger partial charge in [0.1, 0.15) is 0 Å². The molecule has 0 saturated heterocycles. The number of aliphatic hydroxyl groups is 1. The Balaban J connectivity index is 1.71. The average molecular weight is 212 g/mol. The van der Waals surface area contributed by atoms with E-state index in [4.69, 9.17) is 0 Å². The maximum Gasteiger partial charge on any atom is 0.315 e. The van der Waals surface area contributed by atoms with Crippen molar-refractivity contribution < 1.29 is 9.90 Å². The summed E-state index contributed by atoms with van der Waals surface area (Å²) in [5, 5.41) is 15.5. The minimum atomic E-state index is -0.356. The SMILES string of the molecule is O=C(NC1CCC1)NC1CCCCC1O. The van der Waals surface area contributed by atoms with Crippen molar-refractivity contribution in [2.24, 2.45) is 0 Å². The smallest absolute Gasteiger partial charge is 0.315 e. The lowest BCUT2D eigenvalue weighted by molar-refractivity contribution is 0.0936. The van der Waals surface area contributed by atoms with Crippen LogP contribution in [0.4, 0.5) is 4.79 Å². The van der Waals surface area contributed by atoms with Crippen molar-refractivity contribution in [3.63, 3.8) is 0 Å².